The SMILES string of the molecule is CCOc1ccccc1-c1ccc2c(c1)C=C(C(=O)Nc1ccc(CN(C)C3CCOCC3)cc1)CCN2Cc1nnn(C)n1. The summed E-state index contributed by atoms with van der Waals surface area (Å²) < 4.78 is 11.4. The Balaban J connectivity index is 1.23. The third kappa shape index (κ3) is 7.41. The van der Waals surface area contributed by atoms with E-state index in [9.17, 15) is 4.79 Å². The van der Waals surface area contributed by atoms with Crippen LogP contribution in [0, 0.1) is 0 Å². The molecule has 0 bridgehead atoms. The van der Waals surface area contributed by atoms with Crippen LogP contribution in [0.15, 0.2) is 72.3 Å². The second-order valence-electron chi connectivity index (χ2n) is 11.6. The van der Waals surface area contributed by atoms with Crippen molar-refractivity contribution in [3.8, 4) is 16.9 Å². The number of para-hydroxylation sites is 1. The molecule has 1 fully saturated rings. The lowest BCUT2D eigenvalue weighted by molar-refractivity contribution is -0.112. The number of amides is 1. The first-order chi connectivity index (χ1) is 22.0. The fraction of sp³-hybridized carbons (Fsp3) is 0.371. The minimum atomic E-state index is -0.104. The predicted octanol–water partition coefficient (Wildman–Crippen LogP) is 5.32. The smallest absolute Gasteiger partial charge is 0.251 e. The molecule has 10 nitrogen and oxygen atoms in total. The molecule has 6 rings (SSSR count). The maximum absolute atomic E-state index is 13.7. The van der Waals surface area contributed by atoms with Crippen LogP contribution in [0.1, 0.15) is 43.1 Å². The van der Waals surface area contributed by atoms with Gasteiger partial charge in [-0.25, -0.2) is 0 Å². The molecule has 1 saturated heterocycles. The van der Waals surface area contributed by atoms with E-state index < -0.39 is 0 Å². The summed E-state index contributed by atoms with van der Waals surface area (Å²) in [4.78, 5) is 19.8. The van der Waals surface area contributed by atoms with Gasteiger partial charge >= 0.3 is 0 Å². The van der Waals surface area contributed by atoms with Crippen molar-refractivity contribution in [3.05, 3.63) is 89.3 Å². The highest BCUT2D eigenvalue weighted by Crippen LogP contribution is 2.36. The Labute approximate surface area is 264 Å². The normalized spacial score (nSPS) is 15.4. The van der Waals surface area contributed by atoms with Crippen molar-refractivity contribution in [1.29, 1.82) is 0 Å². The molecule has 0 aliphatic carbocycles. The van der Waals surface area contributed by atoms with Gasteiger partial charge in [0.1, 0.15) is 5.75 Å². The fourth-order valence-electron chi connectivity index (χ4n) is 6.10. The average Bonchev–Trinajstić information content (AvgIpc) is 3.38. The lowest BCUT2D eigenvalue weighted by Gasteiger charge is -2.31. The second kappa shape index (κ2) is 14.0. The zero-order valence-corrected chi connectivity index (χ0v) is 26.3. The summed E-state index contributed by atoms with van der Waals surface area (Å²) in [5.74, 6) is 1.36. The minimum absolute atomic E-state index is 0.104. The van der Waals surface area contributed by atoms with Crippen LogP contribution in [-0.2, 0) is 29.7 Å². The number of anilines is 2. The average molecular weight is 608 g/mol. The van der Waals surface area contributed by atoms with Gasteiger partial charge in [-0.1, -0.05) is 36.4 Å². The molecule has 0 saturated carbocycles. The highest BCUT2D eigenvalue weighted by molar-refractivity contribution is 6.07. The van der Waals surface area contributed by atoms with Gasteiger partial charge in [0.15, 0.2) is 5.82 Å². The van der Waals surface area contributed by atoms with E-state index in [2.05, 4.69) is 74.0 Å². The second-order valence-corrected chi connectivity index (χ2v) is 11.6. The molecule has 234 valence electrons. The third-order valence-electron chi connectivity index (χ3n) is 8.48. The number of aromatic nitrogens is 4. The minimum Gasteiger partial charge on any atom is -0.493 e. The van der Waals surface area contributed by atoms with Crippen molar-refractivity contribution in [2.45, 2.75) is 45.3 Å². The molecule has 1 amide bonds. The zero-order chi connectivity index (χ0) is 31.2. The maximum atomic E-state index is 13.7. The van der Waals surface area contributed by atoms with E-state index in [1.54, 1.807) is 7.05 Å². The number of carbonyl (C=O) groups is 1. The molecule has 1 aromatic heterocycles. The van der Waals surface area contributed by atoms with E-state index in [0.717, 1.165) is 66.4 Å². The van der Waals surface area contributed by atoms with Gasteiger partial charge in [-0.05, 0) is 91.5 Å². The van der Waals surface area contributed by atoms with Crippen molar-refractivity contribution in [3.63, 3.8) is 0 Å². The first-order valence-electron chi connectivity index (χ1n) is 15.7. The quantitative estimate of drug-likeness (QED) is 0.259. The molecule has 3 aromatic carbocycles. The van der Waals surface area contributed by atoms with Gasteiger partial charge < -0.3 is 19.7 Å². The number of nitrogens with one attached hydrogen (secondary N) is 1. The summed E-state index contributed by atoms with van der Waals surface area (Å²) in [6.45, 7) is 6.22. The Morgan fingerprint density at radius 1 is 1.09 bits per heavy atom. The zero-order valence-electron chi connectivity index (χ0n) is 26.3. The van der Waals surface area contributed by atoms with Crippen molar-refractivity contribution >= 4 is 23.4 Å². The lowest BCUT2D eigenvalue weighted by atomic mass is 9.99. The summed E-state index contributed by atoms with van der Waals surface area (Å²) in [6, 6.07) is 23.1. The van der Waals surface area contributed by atoms with Crippen LogP contribution in [0.3, 0.4) is 0 Å². The van der Waals surface area contributed by atoms with Crippen LogP contribution in [0.5, 0.6) is 5.75 Å². The van der Waals surface area contributed by atoms with Crippen molar-refractivity contribution in [1.82, 2.24) is 25.1 Å². The predicted molar refractivity (Wildman–Crippen MR) is 176 cm³/mol. The number of aryl methyl sites for hydroxylation is 1. The topological polar surface area (TPSA) is 97.6 Å². The number of ether oxygens (including phenoxy) is 2. The van der Waals surface area contributed by atoms with Gasteiger partial charge in [0.2, 0.25) is 0 Å². The van der Waals surface area contributed by atoms with E-state index in [4.69, 9.17) is 9.47 Å². The molecule has 1 N–H and O–H groups in total. The molecule has 4 aromatic rings. The summed E-state index contributed by atoms with van der Waals surface area (Å²) in [6.07, 6.45) is 4.71. The van der Waals surface area contributed by atoms with Gasteiger partial charge in [-0.3, -0.25) is 9.69 Å². The van der Waals surface area contributed by atoms with Crippen molar-refractivity contribution < 1.29 is 14.3 Å². The van der Waals surface area contributed by atoms with Crippen LogP contribution in [-0.4, -0.2) is 70.5 Å². The number of nitrogens with zero attached hydrogens (tertiary/aromatic N) is 6. The van der Waals surface area contributed by atoms with Gasteiger partial charge in [0.25, 0.3) is 5.91 Å². The van der Waals surface area contributed by atoms with E-state index in [-0.39, 0.29) is 5.91 Å². The largest absolute Gasteiger partial charge is 0.493 e. The first-order valence-corrected chi connectivity index (χ1v) is 15.7. The molecule has 2 aliphatic heterocycles. The van der Waals surface area contributed by atoms with Crippen LogP contribution in [0.25, 0.3) is 17.2 Å². The summed E-state index contributed by atoms with van der Waals surface area (Å²) in [5.41, 5.74) is 6.72. The standard InChI is InChI=1S/C35H41N7O3/c1-4-45-33-8-6-5-7-31(33)26-11-14-32-28(21-26)22-27(15-18-42(32)24-34-37-39-41(3)38-34)35(43)36-29-12-9-25(10-13-29)23-40(2)30-16-19-44-20-17-30/h5-14,21-22,30H,4,15-20,23-24H2,1-3H3,(H,36,43). The molecule has 45 heavy (non-hydrogen) atoms. The summed E-state index contributed by atoms with van der Waals surface area (Å²) >= 11 is 0. The molecule has 0 atom stereocenters. The Morgan fingerprint density at radius 3 is 2.64 bits per heavy atom. The highest BCUT2D eigenvalue weighted by Gasteiger charge is 2.23. The van der Waals surface area contributed by atoms with Crippen LogP contribution >= 0.6 is 0 Å². The molecular formula is C35H41N7O3. The van der Waals surface area contributed by atoms with Gasteiger partial charge in [0, 0.05) is 54.9 Å². The molecule has 0 unspecified atom stereocenters. The van der Waals surface area contributed by atoms with E-state index in [1.165, 1.54) is 10.4 Å². The number of tetrazole rings is 1. The van der Waals surface area contributed by atoms with Gasteiger partial charge in [-0.2, -0.15) is 4.80 Å². The molecular weight excluding hydrogens is 566 g/mol. The summed E-state index contributed by atoms with van der Waals surface area (Å²) in [5, 5.41) is 15.8. The molecule has 0 radical (unpaired) electrons. The monoisotopic (exact) mass is 607 g/mol. The maximum Gasteiger partial charge on any atom is 0.251 e. The third-order valence-corrected chi connectivity index (χ3v) is 8.48. The number of rotatable bonds is 10. The van der Waals surface area contributed by atoms with Crippen LogP contribution in [0.4, 0.5) is 11.4 Å². The Bertz CT molecular complexity index is 1640. The molecule has 3 heterocycles. The molecule has 10 heteroatoms. The van der Waals surface area contributed by atoms with Gasteiger partial charge in [0.05, 0.1) is 20.2 Å². The fourth-order valence-corrected chi connectivity index (χ4v) is 6.10. The van der Waals surface area contributed by atoms with E-state index >= 15 is 0 Å². The first kappa shape index (κ1) is 30.5. The summed E-state index contributed by atoms with van der Waals surface area (Å²) in [7, 11) is 3.93. The van der Waals surface area contributed by atoms with Crippen LogP contribution < -0.4 is 15.0 Å². The number of hydrogen-bond donors (Lipinski definition) is 1. The van der Waals surface area contributed by atoms with E-state index in [0.29, 0.717) is 43.6 Å². The highest BCUT2D eigenvalue weighted by atomic mass is 16.5. The van der Waals surface area contributed by atoms with Gasteiger partial charge in [-0.15, -0.1) is 10.2 Å². The molecule has 2 aliphatic rings. The lowest BCUT2D eigenvalue weighted by Crippen LogP contribution is -2.36. The van der Waals surface area contributed by atoms with Crippen molar-refractivity contribution in [2.75, 3.05) is 43.6 Å². The van der Waals surface area contributed by atoms with Crippen LogP contribution in [0.2, 0.25) is 0 Å². The van der Waals surface area contributed by atoms with E-state index in [1.807, 2.05) is 43.3 Å². The Kier molecular flexibility index (Phi) is 9.52. The number of benzene rings is 3. The number of hydrogen-bond acceptors (Lipinski definition) is 8. The Hall–Kier alpha value is -4.54. The molecule has 0 spiro atoms. The number of fused-ring (bicyclic) bond motifs is 1. The van der Waals surface area contributed by atoms with Crippen molar-refractivity contribution in [2.24, 2.45) is 7.05 Å². The Morgan fingerprint density at radius 2 is 1.89 bits per heavy atom. The number of carbonyl (C=O) groups excluding carboxylic acids is 1.